The highest BCUT2D eigenvalue weighted by molar-refractivity contribution is 7.17. The molecule has 4 aromatic rings. The highest BCUT2D eigenvalue weighted by Crippen LogP contribution is 2.37. The van der Waals surface area contributed by atoms with E-state index in [-0.39, 0.29) is 17.2 Å². The second kappa shape index (κ2) is 7.00. The summed E-state index contributed by atoms with van der Waals surface area (Å²) in [4.78, 5) is 29.4. The Morgan fingerprint density at radius 1 is 1.10 bits per heavy atom. The van der Waals surface area contributed by atoms with E-state index in [4.69, 9.17) is 0 Å². The normalized spacial score (nSPS) is 15.1. The average Bonchev–Trinajstić information content (AvgIpc) is 3.32. The summed E-state index contributed by atoms with van der Waals surface area (Å²) in [5.74, 6) is -2.95. The zero-order valence-corrected chi connectivity index (χ0v) is 16.1. The second-order valence-electron chi connectivity index (χ2n) is 6.77. The molecule has 0 spiro atoms. The molecule has 8 heteroatoms. The summed E-state index contributed by atoms with van der Waals surface area (Å²) in [6, 6.07) is 11.9. The summed E-state index contributed by atoms with van der Waals surface area (Å²) in [6.45, 7) is 0. The van der Waals surface area contributed by atoms with Crippen LogP contribution in [0, 0.1) is 11.6 Å². The van der Waals surface area contributed by atoms with Crippen LogP contribution in [0.2, 0.25) is 0 Å². The van der Waals surface area contributed by atoms with Crippen molar-refractivity contribution in [1.29, 1.82) is 0 Å². The van der Waals surface area contributed by atoms with E-state index in [0.29, 0.717) is 16.8 Å². The SMILES string of the molecule is O=C1NC(c2cccc(F)c2F)c2c(NC(=O)c3csc4ccccc34)ccnc21. The molecule has 1 unspecified atom stereocenters. The Labute approximate surface area is 173 Å². The number of carbonyl (C=O) groups excluding carboxylic acids is 2. The number of nitrogens with one attached hydrogen (secondary N) is 2. The molecule has 0 fully saturated rings. The Kier molecular flexibility index (Phi) is 4.29. The Morgan fingerprint density at radius 2 is 1.93 bits per heavy atom. The molecular formula is C22H13F2N3O2S. The number of pyridine rings is 1. The zero-order valence-electron chi connectivity index (χ0n) is 15.3. The maximum atomic E-state index is 14.4. The van der Waals surface area contributed by atoms with Gasteiger partial charge in [0.05, 0.1) is 17.3 Å². The molecule has 2 amide bonds. The Morgan fingerprint density at radius 3 is 2.80 bits per heavy atom. The van der Waals surface area contributed by atoms with Gasteiger partial charge in [0, 0.05) is 32.8 Å². The molecule has 0 radical (unpaired) electrons. The van der Waals surface area contributed by atoms with Gasteiger partial charge in [0.15, 0.2) is 11.6 Å². The molecule has 30 heavy (non-hydrogen) atoms. The van der Waals surface area contributed by atoms with Crippen molar-refractivity contribution in [2.45, 2.75) is 6.04 Å². The van der Waals surface area contributed by atoms with E-state index in [1.54, 1.807) is 5.38 Å². The third-order valence-electron chi connectivity index (χ3n) is 5.04. The van der Waals surface area contributed by atoms with Crippen molar-refractivity contribution in [3.05, 3.63) is 94.1 Å². The fourth-order valence-corrected chi connectivity index (χ4v) is 4.59. The second-order valence-corrected chi connectivity index (χ2v) is 7.68. The smallest absolute Gasteiger partial charge is 0.271 e. The van der Waals surface area contributed by atoms with Gasteiger partial charge in [0.25, 0.3) is 11.8 Å². The van der Waals surface area contributed by atoms with Crippen LogP contribution >= 0.6 is 11.3 Å². The van der Waals surface area contributed by atoms with Crippen LogP contribution in [-0.2, 0) is 0 Å². The summed E-state index contributed by atoms with van der Waals surface area (Å²) in [7, 11) is 0. The van der Waals surface area contributed by atoms with Gasteiger partial charge in [-0.3, -0.25) is 14.6 Å². The van der Waals surface area contributed by atoms with Gasteiger partial charge in [-0.15, -0.1) is 11.3 Å². The summed E-state index contributed by atoms with van der Waals surface area (Å²) >= 11 is 1.45. The largest absolute Gasteiger partial charge is 0.339 e. The molecule has 5 nitrogen and oxygen atoms in total. The molecule has 148 valence electrons. The van der Waals surface area contributed by atoms with Crippen LogP contribution in [-0.4, -0.2) is 16.8 Å². The van der Waals surface area contributed by atoms with Gasteiger partial charge < -0.3 is 10.6 Å². The highest BCUT2D eigenvalue weighted by atomic mass is 32.1. The third-order valence-corrected chi connectivity index (χ3v) is 6.00. The highest BCUT2D eigenvalue weighted by Gasteiger charge is 2.36. The topological polar surface area (TPSA) is 71.1 Å². The number of benzene rings is 2. The number of carbonyl (C=O) groups is 2. The maximum absolute atomic E-state index is 14.4. The van der Waals surface area contributed by atoms with E-state index < -0.39 is 23.6 Å². The molecular weight excluding hydrogens is 408 g/mol. The van der Waals surface area contributed by atoms with Crippen LogP contribution in [0.4, 0.5) is 14.5 Å². The Hall–Kier alpha value is -3.65. The molecule has 2 aromatic heterocycles. The first-order chi connectivity index (χ1) is 14.5. The quantitative estimate of drug-likeness (QED) is 0.506. The number of hydrogen-bond acceptors (Lipinski definition) is 4. The first-order valence-electron chi connectivity index (χ1n) is 9.06. The molecule has 1 aliphatic rings. The van der Waals surface area contributed by atoms with Crippen LogP contribution < -0.4 is 10.6 Å². The molecule has 0 bridgehead atoms. The van der Waals surface area contributed by atoms with Crippen LogP contribution in [0.1, 0.15) is 38.0 Å². The summed E-state index contributed by atoms with van der Waals surface area (Å²) in [5, 5.41) is 8.01. The lowest BCUT2D eigenvalue weighted by atomic mass is 9.98. The van der Waals surface area contributed by atoms with Gasteiger partial charge in [-0.1, -0.05) is 30.3 Å². The standard InChI is InChI=1S/C22H13F2N3O2S/c23-14-6-3-5-12(18(14)24)19-17-15(8-9-25-20(17)22(29)27-19)26-21(28)13-10-30-16-7-2-1-4-11(13)16/h1-10,19H,(H,27,29)(H,25,26,28). The lowest BCUT2D eigenvalue weighted by Gasteiger charge is -2.17. The molecule has 1 atom stereocenters. The number of nitrogens with zero attached hydrogens (tertiary/aromatic N) is 1. The number of aromatic nitrogens is 1. The van der Waals surface area contributed by atoms with E-state index in [9.17, 15) is 18.4 Å². The lowest BCUT2D eigenvalue weighted by molar-refractivity contribution is 0.0955. The summed E-state index contributed by atoms with van der Waals surface area (Å²) in [5.41, 5.74) is 1.14. The molecule has 0 aliphatic carbocycles. The number of amides is 2. The third kappa shape index (κ3) is 2.84. The number of anilines is 1. The van der Waals surface area contributed by atoms with E-state index in [1.807, 2.05) is 24.3 Å². The Bertz CT molecular complexity index is 1340. The predicted molar refractivity (Wildman–Crippen MR) is 110 cm³/mol. The van der Waals surface area contributed by atoms with Crippen LogP contribution in [0.15, 0.2) is 60.1 Å². The van der Waals surface area contributed by atoms with Crippen LogP contribution in [0.25, 0.3) is 10.1 Å². The van der Waals surface area contributed by atoms with Crippen molar-refractivity contribution in [2.75, 3.05) is 5.32 Å². The van der Waals surface area contributed by atoms with Gasteiger partial charge in [-0.25, -0.2) is 8.78 Å². The Balaban J connectivity index is 1.57. The molecule has 2 N–H and O–H groups in total. The molecule has 3 heterocycles. The van der Waals surface area contributed by atoms with E-state index in [0.717, 1.165) is 16.2 Å². The average molecular weight is 421 g/mol. The molecule has 1 aliphatic heterocycles. The van der Waals surface area contributed by atoms with Gasteiger partial charge >= 0.3 is 0 Å². The fourth-order valence-electron chi connectivity index (χ4n) is 3.65. The van der Waals surface area contributed by atoms with Crippen molar-refractivity contribution in [3.8, 4) is 0 Å². The van der Waals surface area contributed by atoms with Gasteiger partial charge in [-0.2, -0.15) is 0 Å². The first-order valence-corrected chi connectivity index (χ1v) is 9.94. The van der Waals surface area contributed by atoms with Crippen molar-refractivity contribution >= 4 is 38.9 Å². The first kappa shape index (κ1) is 18.4. The minimum Gasteiger partial charge on any atom is -0.339 e. The van der Waals surface area contributed by atoms with Crippen molar-refractivity contribution < 1.29 is 18.4 Å². The van der Waals surface area contributed by atoms with Gasteiger partial charge in [0.2, 0.25) is 0 Å². The molecule has 5 rings (SSSR count). The van der Waals surface area contributed by atoms with Crippen molar-refractivity contribution in [3.63, 3.8) is 0 Å². The van der Waals surface area contributed by atoms with Gasteiger partial charge in [0.1, 0.15) is 5.69 Å². The molecule has 0 saturated heterocycles. The predicted octanol–water partition coefficient (Wildman–Crippen LogP) is 4.66. The number of halogens is 2. The zero-order chi connectivity index (χ0) is 20.8. The summed E-state index contributed by atoms with van der Waals surface area (Å²) in [6.07, 6.45) is 1.39. The number of hydrogen-bond donors (Lipinski definition) is 2. The van der Waals surface area contributed by atoms with Crippen LogP contribution in [0.3, 0.4) is 0 Å². The molecule has 2 aromatic carbocycles. The van der Waals surface area contributed by atoms with Crippen molar-refractivity contribution in [1.82, 2.24) is 10.3 Å². The number of thiophene rings is 1. The minimum absolute atomic E-state index is 0.0356. The number of rotatable bonds is 3. The van der Waals surface area contributed by atoms with E-state index in [1.165, 1.54) is 35.7 Å². The van der Waals surface area contributed by atoms with Crippen LogP contribution in [0.5, 0.6) is 0 Å². The van der Waals surface area contributed by atoms with Gasteiger partial charge in [-0.05, 0) is 18.2 Å². The number of fused-ring (bicyclic) bond motifs is 2. The van der Waals surface area contributed by atoms with E-state index in [2.05, 4.69) is 15.6 Å². The van der Waals surface area contributed by atoms with E-state index >= 15 is 0 Å². The molecule has 0 saturated carbocycles. The fraction of sp³-hybridized carbons (Fsp3) is 0.0455. The monoisotopic (exact) mass is 421 g/mol. The minimum atomic E-state index is -1.05. The summed E-state index contributed by atoms with van der Waals surface area (Å²) < 4.78 is 29.2. The van der Waals surface area contributed by atoms with Crippen molar-refractivity contribution in [2.24, 2.45) is 0 Å². The lowest BCUT2D eigenvalue weighted by Crippen LogP contribution is -2.22. The maximum Gasteiger partial charge on any atom is 0.271 e.